The molecule has 0 amide bonds. The Hall–Kier alpha value is -1.95. The molecule has 116 valence electrons. The van der Waals surface area contributed by atoms with Gasteiger partial charge in [0.25, 0.3) is 0 Å². The minimum absolute atomic E-state index is 0.0379. The summed E-state index contributed by atoms with van der Waals surface area (Å²) < 4.78 is 0. The molecule has 0 saturated heterocycles. The van der Waals surface area contributed by atoms with Gasteiger partial charge in [-0.1, -0.05) is 17.7 Å². The van der Waals surface area contributed by atoms with Crippen LogP contribution in [0, 0.1) is 0 Å². The van der Waals surface area contributed by atoms with Gasteiger partial charge >= 0.3 is 0 Å². The number of nitrogens with zero attached hydrogens (tertiary/aromatic N) is 3. The van der Waals surface area contributed by atoms with Gasteiger partial charge in [0, 0.05) is 23.8 Å². The zero-order valence-corrected chi connectivity index (χ0v) is 12.8. The lowest BCUT2D eigenvalue weighted by molar-refractivity contribution is 0.281. The average molecular weight is 320 g/mol. The Morgan fingerprint density at radius 1 is 0.864 bits per heavy atom. The highest BCUT2D eigenvalue weighted by molar-refractivity contribution is 6.30. The maximum absolute atomic E-state index is 9.04. The quantitative estimate of drug-likeness (QED) is 0.767. The van der Waals surface area contributed by atoms with Gasteiger partial charge in [-0.05, 0) is 42.5 Å². The van der Waals surface area contributed by atoms with Crippen LogP contribution in [0.3, 0.4) is 0 Å². The molecule has 0 radical (unpaired) electrons. The highest BCUT2D eigenvalue weighted by Gasteiger charge is 2.04. The topological polar surface area (TPSA) is 68.4 Å². The average Bonchev–Trinajstić information content (AvgIpc) is 2.53. The molecule has 0 aliphatic carbocycles. The normalized spacial score (nSPS) is 11.0. The molecule has 0 bridgehead atoms. The molecule has 0 aliphatic heterocycles. The van der Waals surface area contributed by atoms with Crippen LogP contribution in [0.5, 0.6) is 0 Å². The number of rotatable bonds is 7. The van der Waals surface area contributed by atoms with Crippen molar-refractivity contribution in [2.45, 2.75) is 0 Å². The number of aliphatic hydroxyl groups excluding tert-OH is 2. The van der Waals surface area contributed by atoms with Crippen molar-refractivity contribution >= 4 is 28.7 Å². The van der Waals surface area contributed by atoms with Crippen molar-refractivity contribution in [2.24, 2.45) is 10.2 Å². The predicted molar refractivity (Wildman–Crippen MR) is 88.5 cm³/mol. The van der Waals surface area contributed by atoms with E-state index in [0.717, 1.165) is 11.4 Å². The summed E-state index contributed by atoms with van der Waals surface area (Å²) in [5.41, 5.74) is 2.33. The molecule has 6 heteroatoms. The van der Waals surface area contributed by atoms with E-state index in [1.165, 1.54) is 0 Å². The lowest BCUT2D eigenvalue weighted by Gasteiger charge is -2.22. The van der Waals surface area contributed by atoms with Crippen LogP contribution in [0.2, 0.25) is 5.02 Å². The Bertz CT molecular complexity index is 611. The number of benzene rings is 2. The second-order valence-corrected chi connectivity index (χ2v) is 5.07. The first-order valence-corrected chi connectivity index (χ1v) is 7.35. The molecule has 2 aromatic carbocycles. The van der Waals surface area contributed by atoms with E-state index in [1.807, 2.05) is 41.3 Å². The van der Waals surface area contributed by atoms with Crippen LogP contribution < -0.4 is 4.90 Å². The van der Waals surface area contributed by atoms with Crippen molar-refractivity contribution in [3.8, 4) is 0 Å². The summed E-state index contributed by atoms with van der Waals surface area (Å²) in [5.74, 6) is 0. The first kappa shape index (κ1) is 16.4. The number of halogens is 1. The van der Waals surface area contributed by atoms with E-state index < -0.39 is 0 Å². The molecule has 0 saturated carbocycles. The summed E-state index contributed by atoms with van der Waals surface area (Å²) in [4.78, 5) is 1.90. The Morgan fingerprint density at radius 3 is 2.09 bits per heavy atom. The van der Waals surface area contributed by atoms with Crippen molar-refractivity contribution in [1.29, 1.82) is 0 Å². The fourth-order valence-electron chi connectivity index (χ4n) is 2.00. The Balaban J connectivity index is 2.08. The summed E-state index contributed by atoms with van der Waals surface area (Å²) >= 11 is 5.89. The van der Waals surface area contributed by atoms with Gasteiger partial charge in [-0.15, -0.1) is 0 Å². The predicted octanol–water partition coefficient (Wildman–Crippen LogP) is 3.55. The van der Waals surface area contributed by atoms with Crippen LogP contribution in [-0.4, -0.2) is 36.5 Å². The summed E-state index contributed by atoms with van der Waals surface area (Å²) in [5, 5.41) is 27.0. The van der Waals surface area contributed by atoms with E-state index in [1.54, 1.807) is 12.1 Å². The van der Waals surface area contributed by atoms with E-state index in [2.05, 4.69) is 10.2 Å². The summed E-state index contributed by atoms with van der Waals surface area (Å²) in [6, 6.07) is 14.6. The second kappa shape index (κ2) is 8.48. The third kappa shape index (κ3) is 4.80. The maximum Gasteiger partial charge on any atom is 0.0871 e. The van der Waals surface area contributed by atoms with Gasteiger partial charge < -0.3 is 15.1 Å². The van der Waals surface area contributed by atoms with Crippen LogP contribution in [0.4, 0.5) is 17.1 Å². The van der Waals surface area contributed by atoms with Gasteiger partial charge in [0.15, 0.2) is 0 Å². The van der Waals surface area contributed by atoms with E-state index in [9.17, 15) is 0 Å². The van der Waals surface area contributed by atoms with Crippen LogP contribution >= 0.6 is 11.6 Å². The van der Waals surface area contributed by atoms with Crippen LogP contribution in [0.1, 0.15) is 0 Å². The van der Waals surface area contributed by atoms with Crippen LogP contribution in [0.15, 0.2) is 58.8 Å². The van der Waals surface area contributed by atoms with Crippen molar-refractivity contribution in [2.75, 3.05) is 31.2 Å². The van der Waals surface area contributed by atoms with Crippen LogP contribution in [0.25, 0.3) is 0 Å². The Morgan fingerprint density at radius 2 is 1.50 bits per heavy atom. The third-order valence-corrected chi connectivity index (χ3v) is 3.28. The van der Waals surface area contributed by atoms with Gasteiger partial charge in [-0.3, -0.25) is 0 Å². The third-order valence-electron chi connectivity index (χ3n) is 3.04. The Labute approximate surface area is 134 Å². The second-order valence-electron chi connectivity index (χ2n) is 4.63. The molecule has 0 aromatic heterocycles. The summed E-state index contributed by atoms with van der Waals surface area (Å²) in [6.45, 7) is 1.03. The van der Waals surface area contributed by atoms with Crippen molar-refractivity contribution in [1.82, 2.24) is 0 Å². The number of aliphatic hydroxyl groups is 2. The molecule has 2 aromatic rings. The van der Waals surface area contributed by atoms with Crippen molar-refractivity contribution in [3.63, 3.8) is 0 Å². The van der Waals surface area contributed by atoms with E-state index in [0.29, 0.717) is 23.8 Å². The standard InChI is InChI=1S/C16H18ClN3O2/c17-13-2-1-3-15(12-13)19-18-14-4-6-16(7-5-14)20(8-10-21)9-11-22/h1-7,12,21-22H,8-11H2. The summed E-state index contributed by atoms with van der Waals surface area (Å²) in [6.07, 6.45) is 0. The molecule has 0 heterocycles. The minimum atomic E-state index is 0.0379. The lowest BCUT2D eigenvalue weighted by Crippen LogP contribution is -2.29. The van der Waals surface area contributed by atoms with E-state index >= 15 is 0 Å². The fourth-order valence-corrected chi connectivity index (χ4v) is 2.18. The molecule has 0 aliphatic rings. The molecule has 22 heavy (non-hydrogen) atoms. The molecule has 0 fully saturated rings. The smallest absolute Gasteiger partial charge is 0.0871 e. The molecule has 0 spiro atoms. The first-order chi connectivity index (χ1) is 10.7. The highest BCUT2D eigenvalue weighted by atomic mass is 35.5. The van der Waals surface area contributed by atoms with Gasteiger partial charge in [-0.2, -0.15) is 10.2 Å². The molecule has 0 atom stereocenters. The maximum atomic E-state index is 9.04. The molecule has 2 rings (SSSR count). The van der Waals surface area contributed by atoms with E-state index in [-0.39, 0.29) is 13.2 Å². The number of azo groups is 1. The zero-order chi connectivity index (χ0) is 15.8. The molecule has 2 N–H and O–H groups in total. The van der Waals surface area contributed by atoms with Crippen molar-refractivity contribution in [3.05, 3.63) is 53.6 Å². The van der Waals surface area contributed by atoms with Gasteiger partial charge in [0.05, 0.1) is 24.6 Å². The SMILES string of the molecule is OCCN(CCO)c1ccc(N=Nc2cccc(Cl)c2)cc1. The highest BCUT2D eigenvalue weighted by Crippen LogP contribution is 2.23. The number of hydrogen-bond acceptors (Lipinski definition) is 5. The van der Waals surface area contributed by atoms with Gasteiger partial charge in [-0.25, -0.2) is 0 Å². The van der Waals surface area contributed by atoms with Crippen molar-refractivity contribution < 1.29 is 10.2 Å². The van der Waals surface area contributed by atoms with Gasteiger partial charge in [0.1, 0.15) is 0 Å². The lowest BCUT2D eigenvalue weighted by atomic mass is 10.2. The number of anilines is 1. The largest absolute Gasteiger partial charge is 0.395 e. The fraction of sp³-hybridized carbons (Fsp3) is 0.250. The van der Waals surface area contributed by atoms with Gasteiger partial charge in [0.2, 0.25) is 0 Å². The molecule has 0 unspecified atom stereocenters. The zero-order valence-electron chi connectivity index (χ0n) is 12.1. The van der Waals surface area contributed by atoms with E-state index in [4.69, 9.17) is 21.8 Å². The van der Waals surface area contributed by atoms with Crippen LogP contribution in [-0.2, 0) is 0 Å². The molecule has 5 nitrogen and oxygen atoms in total. The number of hydrogen-bond donors (Lipinski definition) is 2. The minimum Gasteiger partial charge on any atom is -0.395 e. The Kier molecular flexibility index (Phi) is 6.33. The monoisotopic (exact) mass is 319 g/mol. The molecular weight excluding hydrogens is 302 g/mol. The molecular formula is C16H18ClN3O2. The summed E-state index contributed by atoms with van der Waals surface area (Å²) in [7, 11) is 0. The first-order valence-electron chi connectivity index (χ1n) is 6.97.